The molecule has 1 aromatic carbocycles. The SMILES string of the molecule is CCCNC1CCC(NC(=O)c2ccc(CC)cc2)CC1. The number of rotatable bonds is 6. The molecule has 0 unspecified atom stereocenters. The lowest BCUT2D eigenvalue weighted by Crippen LogP contribution is -2.42. The van der Waals surface area contributed by atoms with E-state index < -0.39 is 0 Å². The molecule has 1 saturated carbocycles. The first-order valence-electron chi connectivity index (χ1n) is 8.36. The zero-order valence-corrected chi connectivity index (χ0v) is 13.3. The summed E-state index contributed by atoms with van der Waals surface area (Å²) in [5.41, 5.74) is 2.05. The average Bonchev–Trinajstić information content (AvgIpc) is 2.54. The summed E-state index contributed by atoms with van der Waals surface area (Å²) in [6.45, 7) is 5.42. The Morgan fingerprint density at radius 3 is 2.24 bits per heavy atom. The zero-order valence-electron chi connectivity index (χ0n) is 13.3. The summed E-state index contributed by atoms with van der Waals surface area (Å²) in [5.74, 6) is 0.0719. The van der Waals surface area contributed by atoms with Crippen LogP contribution < -0.4 is 10.6 Å². The van der Waals surface area contributed by atoms with Crippen LogP contribution >= 0.6 is 0 Å². The van der Waals surface area contributed by atoms with Crippen molar-refractivity contribution in [1.29, 1.82) is 0 Å². The largest absolute Gasteiger partial charge is 0.349 e. The maximum atomic E-state index is 12.2. The number of aryl methyl sites for hydroxylation is 1. The molecule has 0 atom stereocenters. The summed E-state index contributed by atoms with van der Waals surface area (Å²) >= 11 is 0. The Hall–Kier alpha value is -1.35. The third-order valence-electron chi connectivity index (χ3n) is 4.37. The number of nitrogens with one attached hydrogen (secondary N) is 2. The highest BCUT2D eigenvalue weighted by molar-refractivity contribution is 5.94. The minimum atomic E-state index is 0.0719. The van der Waals surface area contributed by atoms with Gasteiger partial charge in [-0.2, -0.15) is 0 Å². The van der Waals surface area contributed by atoms with Crippen molar-refractivity contribution in [3.63, 3.8) is 0 Å². The first kappa shape index (κ1) is 16.0. The number of hydrogen-bond acceptors (Lipinski definition) is 2. The highest BCUT2D eigenvalue weighted by Gasteiger charge is 2.22. The maximum absolute atomic E-state index is 12.2. The molecule has 3 heteroatoms. The summed E-state index contributed by atoms with van der Waals surface area (Å²) < 4.78 is 0. The lowest BCUT2D eigenvalue weighted by atomic mass is 9.91. The van der Waals surface area contributed by atoms with Crippen LogP contribution in [-0.4, -0.2) is 24.5 Å². The molecule has 0 saturated heterocycles. The minimum absolute atomic E-state index is 0.0719. The summed E-state index contributed by atoms with van der Waals surface area (Å²) in [5, 5.41) is 6.76. The van der Waals surface area contributed by atoms with Gasteiger partial charge in [-0.25, -0.2) is 0 Å². The van der Waals surface area contributed by atoms with Gasteiger partial charge in [0.2, 0.25) is 0 Å². The molecular weight excluding hydrogens is 260 g/mol. The summed E-state index contributed by atoms with van der Waals surface area (Å²) in [4.78, 5) is 12.2. The normalized spacial score (nSPS) is 22.0. The van der Waals surface area contributed by atoms with E-state index in [-0.39, 0.29) is 5.91 Å². The van der Waals surface area contributed by atoms with E-state index in [4.69, 9.17) is 0 Å². The lowest BCUT2D eigenvalue weighted by Gasteiger charge is -2.29. The standard InChI is InChI=1S/C18H28N2O/c1-3-13-19-16-9-11-17(12-10-16)20-18(21)15-7-5-14(4-2)6-8-15/h5-8,16-17,19H,3-4,9-13H2,1-2H3,(H,20,21). The van der Waals surface area contributed by atoms with E-state index in [2.05, 4.69) is 24.5 Å². The monoisotopic (exact) mass is 288 g/mol. The summed E-state index contributed by atoms with van der Waals surface area (Å²) in [7, 11) is 0. The van der Waals surface area contributed by atoms with E-state index in [9.17, 15) is 4.79 Å². The second-order valence-corrected chi connectivity index (χ2v) is 6.03. The van der Waals surface area contributed by atoms with Crippen molar-refractivity contribution in [3.05, 3.63) is 35.4 Å². The van der Waals surface area contributed by atoms with Gasteiger partial charge in [-0.05, 0) is 62.8 Å². The Morgan fingerprint density at radius 1 is 1.05 bits per heavy atom. The van der Waals surface area contributed by atoms with Crippen LogP contribution in [0.25, 0.3) is 0 Å². The first-order valence-corrected chi connectivity index (χ1v) is 8.36. The van der Waals surface area contributed by atoms with Crippen LogP contribution in [0.3, 0.4) is 0 Å². The second kappa shape index (κ2) is 8.18. The van der Waals surface area contributed by atoms with Gasteiger partial charge in [0, 0.05) is 17.6 Å². The van der Waals surface area contributed by atoms with Gasteiger partial charge in [0.05, 0.1) is 0 Å². The number of carbonyl (C=O) groups is 1. The van der Waals surface area contributed by atoms with Gasteiger partial charge in [-0.15, -0.1) is 0 Å². The molecule has 0 aliphatic heterocycles. The van der Waals surface area contributed by atoms with Crippen molar-refractivity contribution < 1.29 is 4.79 Å². The third-order valence-corrected chi connectivity index (χ3v) is 4.37. The van der Waals surface area contributed by atoms with Gasteiger partial charge in [0.1, 0.15) is 0 Å². The third kappa shape index (κ3) is 4.85. The number of amides is 1. The molecule has 0 bridgehead atoms. The maximum Gasteiger partial charge on any atom is 0.251 e. The molecule has 1 aromatic rings. The second-order valence-electron chi connectivity index (χ2n) is 6.03. The summed E-state index contributed by atoms with van der Waals surface area (Å²) in [6.07, 6.45) is 6.70. The highest BCUT2D eigenvalue weighted by Crippen LogP contribution is 2.19. The molecule has 1 aliphatic rings. The fourth-order valence-electron chi connectivity index (χ4n) is 2.95. The summed E-state index contributed by atoms with van der Waals surface area (Å²) in [6, 6.07) is 8.93. The number of carbonyl (C=O) groups excluding carboxylic acids is 1. The van der Waals surface area contributed by atoms with Crippen LogP contribution in [0.15, 0.2) is 24.3 Å². The first-order chi connectivity index (χ1) is 10.2. The quantitative estimate of drug-likeness (QED) is 0.843. The Labute approximate surface area is 128 Å². The van der Waals surface area contributed by atoms with Crippen LogP contribution in [0.4, 0.5) is 0 Å². The molecule has 0 heterocycles. The van der Waals surface area contributed by atoms with Crippen molar-refractivity contribution in [2.75, 3.05) is 6.54 Å². The molecule has 3 nitrogen and oxygen atoms in total. The van der Waals surface area contributed by atoms with Gasteiger partial charge in [0.25, 0.3) is 5.91 Å². The van der Waals surface area contributed by atoms with Gasteiger partial charge < -0.3 is 10.6 Å². The van der Waals surface area contributed by atoms with E-state index in [1.165, 1.54) is 24.8 Å². The van der Waals surface area contributed by atoms with Crippen molar-refractivity contribution in [2.45, 2.75) is 64.5 Å². The number of hydrogen-bond donors (Lipinski definition) is 2. The molecule has 21 heavy (non-hydrogen) atoms. The van der Waals surface area contributed by atoms with E-state index in [1.54, 1.807) is 0 Å². The van der Waals surface area contributed by atoms with E-state index in [0.717, 1.165) is 31.4 Å². The molecule has 1 fully saturated rings. The molecule has 0 radical (unpaired) electrons. The van der Waals surface area contributed by atoms with Crippen LogP contribution in [0.1, 0.15) is 61.9 Å². The fraction of sp³-hybridized carbons (Fsp3) is 0.611. The Balaban J connectivity index is 1.78. The Morgan fingerprint density at radius 2 is 1.67 bits per heavy atom. The molecule has 1 aliphatic carbocycles. The van der Waals surface area contributed by atoms with Crippen LogP contribution in [0, 0.1) is 0 Å². The van der Waals surface area contributed by atoms with E-state index >= 15 is 0 Å². The Kier molecular flexibility index (Phi) is 6.24. The van der Waals surface area contributed by atoms with Gasteiger partial charge in [-0.3, -0.25) is 4.79 Å². The Bertz CT molecular complexity index is 433. The van der Waals surface area contributed by atoms with E-state index in [1.807, 2.05) is 24.3 Å². The van der Waals surface area contributed by atoms with Crippen molar-refractivity contribution in [2.24, 2.45) is 0 Å². The molecule has 0 aromatic heterocycles. The fourth-order valence-corrected chi connectivity index (χ4v) is 2.95. The predicted molar refractivity (Wildman–Crippen MR) is 87.6 cm³/mol. The number of benzene rings is 1. The van der Waals surface area contributed by atoms with Gasteiger partial charge >= 0.3 is 0 Å². The molecule has 1 amide bonds. The van der Waals surface area contributed by atoms with Crippen molar-refractivity contribution in [1.82, 2.24) is 10.6 Å². The molecule has 116 valence electrons. The minimum Gasteiger partial charge on any atom is -0.349 e. The van der Waals surface area contributed by atoms with Gasteiger partial charge in [0.15, 0.2) is 0 Å². The average molecular weight is 288 g/mol. The molecular formula is C18H28N2O. The van der Waals surface area contributed by atoms with Crippen LogP contribution in [0.5, 0.6) is 0 Å². The topological polar surface area (TPSA) is 41.1 Å². The lowest BCUT2D eigenvalue weighted by molar-refractivity contribution is 0.0924. The zero-order chi connectivity index (χ0) is 15.1. The van der Waals surface area contributed by atoms with Crippen LogP contribution in [-0.2, 0) is 6.42 Å². The smallest absolute Gasteiger partial charge is 0.251 e. The highest BCUT2D eigenvalue weighted by atomic mass is 16.1. The van der Waals surface area contributed by atoms with E-state index in [0.29, 0.717) is 12.1 Å². The predicted octanol–water partition coefficient (Wildman–Crippen LogP) is 3.29. The van der Waals surface area contributed by atoms with Crippen molar-refractivity contribution >= 4 is 5.91 Å². The van der Waals surface area contributed by atoms with Gasteiger partial charge in [-0.1, -0.05) is 26.0 Å². The van der Waals surface area contributed by atoms with Crippen molar-refractivity contribution in [3.8, 4) is 0 Å². The molecule has 2 rings (SSSR count). The molecule has 0 spiro atoms. The van der Waals surface area contributed by atoms with Crippen LogP contribution in [0.2, 0.25) is 0 Å². The molecule has 2 N–H and O–H groups in total.